The Morgan fingerprint density at radius 3 is 2.64 bits per heavy atom. The summed E-state index contributed by atoms with van der Waals surface area (Å²) in [7, 11) is 0. The summed E-state index contributed by atoms with van der Waals surface area (Å²) in [6.45, 7) is 1.99. The third kappa shape index (κ3) is 2.18. The molecule has 5 heteroatoms. The summed E-state index contributed by atoms with van der Waals surface area (Å²) < 4.78 is 2.22. The summed E-state index contributed by atoms with van der Waals surface area (Å²) in [5.41, 5.74) is 9.66. The van der Waals surface area contributed by atoms with E-state index in [9.17, 15) is 0 Å². The molecule has 0 aliphatic heterocycles. The topological polar surface area (TPSA) is 69.6 Å². The minimum Gasteiger partial charge on any atom is -0.328 e. The van der Waals surface area contributed by atoms with Crippen LogP contribution in [-0.2, 0) is 0 Å². The molecule has 0 unspecified atom stereocenters. The maximum absolute atomic E-state index is 6.06. The highest BCUT2D eigenvalue weighted by Gasteiger charge is 2.26. The van der Waals surface area contributed by atoms with Gasteiger partial charge in [0.25, 0.3) is 0 Å². The highest BCUT2D eigenvalue weighted by molar-refractivity contribution is 5.77. The molecule has 2 atom stereocenters. The fourth-order valence-corrected chi connectivity index (χ4v) is 3.34. The molecule has 0 amide bonds. The van der Waals surface area contributed by atoms with Crippen molar-refractivity contribution >= 4 is 11.0 Å². The molecule has 0 saturated heterocycles. The molecule has 1 fully saturated rings. The number of para-hydroxylation sites is 2. The van der Waals surface area contributed by atoms with Gasteiger partial charge in [-0.25, -0.2) is 15.0 Å². The Hall–Kier alpha value is -2.27. The van der Waals surface area contributed by atoms with Crippen molar-refractivity contribution in [1.29, 1.82) is 0 Å². The zero-order chi connectivity index (χ0) is 15.1. The van der Waals surface area contributed by atoms with E-state index in [0.29, 0.717) is 12.1 Å². The van der Waals surface area contributed by atoms with E-state index in [0.717, 1.165) is 47.5 Å². The van der Waals surface area contributed by atoms with Crippen LogP contribution < -0.4 is 5.73 Å². The summed E-state index contributed by atoms with van der Waals surface area (Å²) in [6.07, 6.45) is 7.06. The van der Waals surface area contributed by atoms with Gasteiger partial charge in [-0.2, -0.15) is 0 Å². The van der Waals surface area contributed by atoms with E-state index in [1.807, 2.05) is 43.6 Å². The molecule has 2 aromatic heterocycles. The maximum atomic E-state index is 6.06. The summed E-state index contributed by atoms with van der Waals surface area (Å²) in [5, 5.41) is 0. The second kappa shape index (κ2) is 5.18. The van der Waals surface area contributed by atoms with Gasteiger partial charge < -0.3 is 10.3 Å². The van der Waals surface area contributed by atoms with Crippen LogP contribution in [0.25, 0.3) is 22.6 Å². The Morgan fingerprint density at radius 2 is 1.91 bits per heavy atom. The zero-order valence-electron chi connectivity index (χ0n) is 12.6. The van der Waals surface area contributed by atoms with Crippen LogP contribution in [0.5, 0.6) is 0 Å². The number of nitrogens with two attached hydrogens (primary N) is 1. The molecule has 22 heavy (non-hydrogen) atoms. The zero-order valence-corrected chi connectivity index (χ0v) is 12.6. The first kappa shape index (κ1) is 13.4. The number of nitrogens with zero attached hydrogens (tertiary/aromatic N) is 4. The van der Waals surface area contributed by atoms with E-state index in [1.54, 1.807) is 0 Å². The lowest BCUT2D eigenvalue weighted by Crippen LogP contribution is -2.16. The number of hydrogen-bond donors (Lipinski definition) is 1. The largest absolute Gasteiger partial charge is 0.328 e. The number of hydrogen-bond acceptors (Lipinski definition) is 4. The molecule has 4 rings (SSSR count). The number of aryl methyl sites for hydroxylation is 1. The van der Waals surface area contributed by atoms with E-state index in [1.165, 1.54) is 0 Å². The minimum absolute atomic E-state index is 0.295. The van der Waals surface area contributed by atoms with Crippen molar-refractivity contribution in [3.63, 3.8) is 0 Å². The smallest absolute Gasteiger partial charge is 0.160 e. The molecule has 1 aliphatic carbocycles. The predicted octanol–water partition coefficient (Wildman–Crippen LogP) is 2.85. The second-order valence-corrected chi connectivity index (χ2v) is 6.03. The molecular weight excluding hydrogens is 274 g/mol. The predicted molar refractivity (Wildman–Crippen MR) is 86.4 cm³/mol. The van der Waals surface area contributed by atoms with Crippen LogP contribution in [0.3, 0.4) is 0 Å². The third-order valence-electron chi connectivity index (χ3n) is 4.46. The van der Waals surface area contributed by atoms with Gasteiger partial charge in [0, 0.05) is 24.5 Å². The molecule has 1 aliphatic rings. The van der Waals surface area contributed by atoms with Crippen LogP contribution in [0, 0.1) is 6.92 Å². The molecule has 0 spiro atoms. The summed E-state index contributed by atoms with van der Waals surface area (Å²) in [6, 6.07) is 8.66. The lowest BCUT2D eigenvalue weighted by molar-refractivity contribution is 0.514. The molecule has 1 aromatic carbocycles. The number of imidazole rings is 1. The van der Waals surface area contributed by atoms with Crippen LogP contribution in [0.2, 0.25) is 0 Å². The van der Waals surface area contributed by atoms with Crippen molar-refractivity contribution in [2.45, 2.75) is 38.3 Å². The molecule has 2 N–H and O–H groups in total. The first-order chi connectivity index (χ1) is 10.7. The van der Waals surface area contributed by atoms with Gasteiger partial charge >= 0.3 is 0 Å². The van der Waals surface area contributed by atoms with Gasteiger partial charge in [-0.3, -0.25) is 0 Å². The average molecular weight is 293 g/mol. The fourth-order valence-electron chi connectivity index (χ4n) is 3.34. The van der Waals surface area contributed by atoms with Gasteiger partial charge in [0.05, 0.1) is 16.7 Å². The maximum Gasteiger partial charge on any atom is 0.160 e. The summed E-state index contributed by atoms with van der Waals surface area (Å²) in [4.78, 5) is 14.0. The van der Waals surface area contributed by atoms with E-state index < -0.39 is 0 Å². The third-order valence-corrected chi connectivity index (χ3v) is 4.46. The van der Waals surface area contributed by atoms with Crippen molar-refractivity contribution < 1.29 is 0 Å². The number of fused-ring (bicyclic) bond motifs is 1. The second-order valence-electron chi connectivity index (χ2n) is 6.03. The van der Waals surface area contributed by atoms with Crippen molar-refractivity contribution in [3.8, 4) is 11.5 Å². The van der Waals surface area contributed by atoms with Crippen molar-refractivity contribution in [2.24, 2.45) is 5.73 Å². The van der Waals surface area contributed by atoms with Gasteiger partial charge in [-0.05, 0) is 38.3 Å². The average Bonchev–Trinajstić information content (AvgIpc) is 3.15. The molecule has 5 nitrogen and oxygen atoms in total. The normalized spacial score (nSPS) is 21.5. The monoisotopic (exact) mass is 293 g/mol. The SMILES string of the molecule is Cc1nc2ccccc2nc1-c1nccn1[C@@H]1CC[C@H](N)C1. The molecule has 0 radical (unpaired) electrons. The lowest BCUT2D eigenvalue weighted by Gasteiger charge is -2.16. The lowest BCUT2D eigenvalue weighted by atomic mass is 10.2. The fraction of sp³-hybridized carbons (Fsp3) is 0.353. The molecule has 112 valence electrons. The molecule has 1 saturated carbocycles. The van der Waals surface area contributed by atoms with Gasteiger partial charge in [0.2, 0.25) is 0 Å². The Bertz CT molecular complexity index is 823. The molecule has 0 bridgehead atoms. The standard InChI is InChI=1S/C17H19N5/c1-11-16(21-15-5-3-2-4-14(15)20-11)17-19-8-9-22(17)13-7-6-12(18)10-13/h2-5,8-9,12-13H,6-7,10,18H2,1H3/t12-,13+/m0/s1. The minimum atomic E-state index is 0.295. The van der Waals surface area contributed by atoms with Crippen LogP contribution in [0.4, 0.5) is 0 Å². The molecular formula is C17H19N5. The van der Waals surface area contributed by atoms with E-state index in [2.05, 4.69) is 14.5 Å². The highest BCUT2D eigenvalue weighted by atomic mass is 15.1. The van der Waals surface area contributed by atoms with Crippen molar-refractivity contribution in [3.05, 3.63) is 42.4 Å². The molecule has 2 heterocycles. The van der Waals surface area contributed by atoms with Gasteiger partial charge in [-0.1, -0.05) is 12.1 Å². The number of rotatable bonds is 2. The van der Waals surface area contributed by atoms with Gasteiger partial charge in [0.1, 0.15) is 5.69 Å². The summed E-state index contributed by atoms with van der Waals surface area (Å²) >= 11 is 0. The first-order valence-corrected chi connectivity index (χ1v) is 7.74. The summed E-state index contributed by atoms with van der Waals surface area (Å²) in [5.74, 6) is 0.898. The number of benzene rings is 1. The van der Waals surface area contributed by atoms with Crippen LogP contribution >= 0.6 is 0 Å². The number of aromatic nitrogens is 4. The van der Waals surface area contributed by atoms with Crippen molar-refractivity contribution in [1.82, 2.24) is 19.5 Å². The Kier molecular flexibility index (Phi) is 3.15. The quantitative estimate of drug-likeness (QED) is 0.788. The van der Waals surface area contributed by atoms with E-state index in [4.69, 9.17) is 10.7 Å². The van der Waals surface area contributed by atoms with Gasteiger partial charge in [0.15, 0.2) is 5.82 Å². The Balaban J connectivity index is 1.82. The van der Waals surface area contributed by atoms with Crippen LogP contribution in [0.15, 0.2) is 36.7 Å². The van der Waals surface area contributed by atoms with Crippen molar-refractivity contribution in [2.75, 3.05) is 0 Å². The van der Waals surface area contributed by atoms with Gasteiger partial charge in [-0.15, -0.1) is 0 Å². The van der Waals surface area contributed by atoms with E-state index >= 15 is 0 Å². The van der Waals surface area contributed by atoms with E-state index in [-0.39, 0.29) is 0 Å². The van der Waals surface area contributed by atoms with Crippen LogP contribution in [-0.4, -0.2) is 25.6 Å². The highest BCUT2D eigenvalue weighted by Crippen LogP contribution is 2.33. The molecule has 3 aromatic rings. The van der Waals surface area contributed by atoms with Crippen LogP contribution in [0.1, 0.15) is 31.0 Å². The Labute approximate surface area is 129 Å². The first-order valence-electron chi connectivity index (χ1n) is 7.74. The Morgan fingerprint density at radius 1 is 1.14 bits per heavy atom.